The highest BCUT2D eigenvalue weighted by molar-refractivity contribution is 5.81. The van der Waals surface area contributed by atoms with Gasteiger partial charge in [0, 0.05) is 18.5 Å². The molecule has 0 unspecified atom stereocenters. The summed E-state index contributed by atoms with van der Waals surface area (Å²) >= 11 is 0. The molecule has 1 aliphatic heterocycles. The van der Waals surface area contributed by atoms with Crippen LogP contribution >= 0.6 is 0 Å². The first-order chi connectivity index (χ1) is 12.6. The van der Waals surface area contributed by atoms with Crippen molar-refractivity contribution in [3.63, 3.8) is 0 Å². The summed E-state index contributed by atoms with van der Waals surface area (Å²) in [6.07, 6.45) is 0.0169. The summed E-state index contributed by atoms with van der Waals surface area (Å²) in [7, 11) is 0. The van der Waals surface area contributed by atoms with Crippen LogP contribution in [0.5, 0.6) is 0 Å². The summed E-state index contributed by atoms with van der Waals surface area (Å²) in [5.41, 5.74) is 10.0. The second-order valence-electron chi connectivity index (χ2n) is 6.77. The van der Waals surface area contributed by atoms with Gasteiger partial charge in [0.15, 0.2) is 0 Å². The normalized spacial score (nSPS) is 21.1. The molecule has 0 spiro atoms. The monoisotopic (exact) mass is 351 g/mol. The molecule has 0 bridgehead atoms. The maximum atomic E-state index is 12.2. The third kappa shape index (κ3) is 3.04. The van der Waals surface area contributed by atoms with Gasteiger partial charge in [0.05, 0.1) is 6.04 Å². The molecule has 1 aliphatic carbocycles. The maximum Gasteiger partial charge on any atom is 0.407 e. The first kappa shape index (κ1) is 16.6. The van der Waals surface area contributed by atoms with Crippen molar-refractivity contribution in [3.8, 4) is 11.1 Å². The number of carbonyl (C=O) groups excluding carboxylic acids is 2. The number of ether oxygens (including phenoxy) is 1. The number of rotatable bonds is 4. The molecule has 1 fully saturated rings. The van der Waals surface area contributed by atoms with E-state index in [1.165, 1.54) is 22.3 Å². The number of hydrogen-bond acceptors (Lipinski definition) is 4. The van der Waals surface area contributed by atoms with Crippen LogP contribution in [0.15, 0.2) is 48.5 Å². The Bertz CT molecular complexity index is 806. The summed E-state index contributed by atoms with van der Waals surface area (Å²) in [5, 5.41) is 5.79. The minimum absolute atomic E-state index is 0.0354. The van der Waals surface area contributed by atoms with Crippen molar-refractivity contribution in [2.45, 2.75) is 24.4 Å². The van der Waals surface area contributed by atoms with E-state index >= 15 is 0 Å². The molecule has 1 saturated heterocycles. The predicted octanol–water partition coefficient (Wildman–Crippen LogP) is 1.74. The van der Waals surface area contributed by atoms with E-state index in [4.69, 9.17) is 10.5 Å². The van der Waals surface area contributed by atoms with Crippen LogP contribution in [0.2, 0.25) is 0 Å². The second-order valence-corrected chi connectivity index (χ2v) is 6.77. The Hall–Kier alpha value is -2.86. The van der Waals surface area contributed by atoms with Crippen molar-refractivity contribution in [2.24, 2.45) is 5.73 Å². The molecular formula is C20H21N3O3. The van der Waals surface area contributed by atoms with Gasteiger partial charge in [-0.25, -0.2) is 4.79 Å². The van der Waals surface area contributed by atoms with Gasteiger partial charge < -0.3 is 21.1 Å². The standard InChI is InChI=1S/C20H21N3O3/c21-19(24)18-9-12(10-22-18)23-20(25)26-11-17-15-7-3-1-5-13(15)14-6-2-4-8-16(14)17/h1-8,12,17-18,22H,9-11H2,(H2,21,24)(H,23,25)/t12-,18+/m1/s1. The van der Waals surface area contributed by atoms with Gasteiger partial charge in [0.2, 0.25) is 5.91 Å². The van der Waals surface area contributed by atoms with E-state index in [-0.39, 0.29) is 18.6 Å². The summed E-state index contributed by atoms with van der Waals surface area (Å²) < 4.78 is 5.50. The fraction of sp³-hybridized carbons (Fsp3) is 0.300. The first-order valence-electron chi connectivity index (χ1n) is 8.77. The molecule has 2 aromatic rings. The number of carbonyl (C=O) groups is 2. The highest BCUT2D eigenvalue weighted by Crippen LogP contribution is 2.44. The predicted molar refractivity (Wildman–Crippen MR) is 97.6 cm³/mol. The molecule has 4 rings (SSSR count). The van der Waals surface area contributed by atoms with Crippen LogP contribution < -0.4 is 16.4 Å². The minimum atomic E-state index is -0.469. The summed E-state index contributed by atoms with van der Waals surface area (Å²) in [6.45, 7) is 0.789. The number of nitrogens with two attached hydrogens (primary N) is 1. The van der Waals surface area contributed by atoms with Gasteiger partial charge in [-0.2, -0.15) is 0 Å². The highest BCUT2D eigenvalue weighted by Gasteiger charge is 2.31. The smallest absolute Gasteiger partial charge is 0.407 e. The lowest BCUT2D eigenvalue weighted by atomic mass is 9.98. The molecule has 134 valence electrons. The Labute approximate surface area is 151 Å². The maximum absolute atomic E-state index is 12.2. The number of fused-ring (bicyclic) bond motifs is 3. The van der Waals surface area contributed by atoms with E-state index in [0.29, 0.717) is 13.0 Å². The largest absolute Gasteiger partial charge is 0.449 e. The van der Waals surface area contributed by atoms with Crippen LogP contribution in [0, 0.1) is 0 Å². The number of benzene rings is 2. The van der Waals surface area contributed by atoms with Crippen LogP contribution in [-0.2, 0) is 9.53 Å². The van der Waals surface area contributed by atoms with Gasteiger partial charge >= 0.3 is 6.09 Å². The molecule has 0 aromatic heterocycles. The van der Waals surface area contributed by atoms with Crippen LogP contribution in [0.3, 0.4) is 0 Å². The van der Waals surface area contributed by atoms with Gasteiger partial charge in [0.25, 0.3) is 0 Å². The number of hydrogen-bond donors (Lipinski definition) is 3. The lowest BCUT2D eigenvalue weighted by Gasteiger charge is -2.16. The number of alkyl carbamates (subject to hydrolysis) is 1. The molecule has 0 radical (unpaired) electrons. The van der Waals surface area contributed by atoms with Gasteiger partial charge in [-0.1, -0.05) is 48.5 Å². The van der Waals surface area contributed by atoms with Crippen LogP contribution in [0.1, 0.15) is 23.5 Å². The molecular weight excluding hydrogens is 330 g/mol. The second kappa shape index (κ2) is 6.80. The number of nitrogens with one attached hydrogen (secondary N) is 2. The highest BCUT2D eigenvalue weighted by atomic mass is 16.5. The van der Waals surface area contributed by atoms with Crippen LogP contribution in [-0.4, -0.2) is 37.2 Å². The van der Waals surface area contributed by atoms with Crippen LogP contribution in [0.25, 0.3) is 11.1 Å². The first-order valence-corrected chi connectivity index (χ1v) is 8.77. The third-order valence-corrected chi connectivity index (χ3v) is 5.14. The molecule has 26 heavy (non-hydrogen) atoms. The quantitative estimate of drug-likeness (QED) is 0.782. The van der Waals surface area contributed by atoms with Crippen molar-refractivity contribution in [2.75, 3.05) is 13.2 Å². The van der Waals surface area contributed by atoms with E-state index in [1.807, 2.05) is 24.3 Å². The van der Waals surface area contributed by atoms with Crippen molar-refractivity contribution in [3.05, 3.63) is 59.7 Å². The van der Waals surface area contributed by atoms with Gasteiger partial charge in [-0.3, -0.25) is 4.79 Å². The summed E-state index contributed by atoms with van der Waals surface area (Å²) in [4.78, 5) is 23.4. The van der Waals surface area contributed by atoms with E-state index in [9.17, 15) is 9.59 Å². The average Bonchev–Trinajstić information content (AvgIpc) is 3.23. The lowest BCUT2D eigenvalue weighted by molar-refractivity contribution is -0.119. The Morgan fingerprint density at radius 2 is 1.69 bits per heavy atom. The fourth-order valence-corrected chi connectivity index (χ4v) is 3.87. The van der Waals surface area contributed by atoms with E-state index in [1.54, 1.807) is 0 Å². The molecule has 2 amide bonds. The third-order valence-electron chi connectivity index (χ3n) is 5.14. The van der Waals surface area contributed by atoms with Gasteiger partial charge in [-0.15, -0.1) is 0 Å². The molecule has 0 saturated carbocycles. The Morgan fingerprint density at radius 3 is 2.27 bits per heavy atom. The van der Waals surface area contributed by atoms with E-state index < -0.39 is 18.0 Å². The molecule has 4 N–H and O–H groups in total. The Kier molecular flexibility index (Phi) is 4.34. The SMILES string of the molecule is NC(=O)[C@@H]1C[C@@H](NC(=O)OCC2c3ccccc3-c3ccccc32)CN1. The van der Waals surface area contributed by atoms with Crippen molar-refractivity contribution < 1.29 is 14.3 Å². The summed E-state index contributed by atoms with van der Waals surface area (Å²) in [6, 6.07) is 15.9. The van der Waals surface area contributed by atoms with Gasteiger partial charge in [0.1, 0.15) is 6.61 Å². The molecule has 2 aliphatic rings. The zero-order chi connectivity index (χ0) is 18.1. The lowest BCUT2D eigenvalue weighted by Crippen LogP contribution is -2.37. The van der Waals surface area contributed by atoms with E-state index in [2.05, 4.69) is 34.9 Å². The van der Waals surface area contributed by atoms with E-state index in [0.717, 1.165) is 0 Å². The van der Waals surface area contributed by atoms with Crippen molar-refractivity contribution >= 4 is 12.0 Å². The molecule has 6 nitrogen and oxygen atoms in total. The van der Waals surface area contributed by atoms with Crippen molar-refractivity contribution in [1.82, 2.24) is 10.6 Å². The molecule has 2 atom stereocenters. The Morgan fingerprint density at radius 1 is 1.08 bits per heavy atom. The topological polar surface area (TPSA) is 93.5 Å². The fourth-order valence-electron chi connectivity index (χ4n) is 3.87. The Balaban J connectivity index is 1.41. The number of amides is 2. The zero-order valence-electron chi connectivity index (χ0n) is 14.3. The zero-order valence-corrected chi connectivity index (χ0v) is 14.3. The molecule has 1 heterocycles. The van der Waals surface area contributed by atoms with Crippen LogP contribution in [0.4, 0.5) is 4.79 Å². The summed E-state index contributed by atoms with van der Waals surface area (Å²) in [5.74, 6) is -0.366. The molecule has 2 aromatic carbocycles. The molecule has 6 heteroatoms. The minimum Gasteiger partial charge on any atom is -0.449 e. The number of primary amides is 1. The average molecular weight is 351 g/mol. The van der Waals surface area contributed by atoms with Crippen molar-refractivity contribution in [1.29, 1.82) is 0 Å². The van der Waals surface area contributed by atoms with Gasteiger partial charge in [-0.05, 0) is 28.7 Å².